The van der Waals surface area contributed by atoms with Crippen LogP contribution in [0.15, 0.2) is 48.8 Å². The first kappa shape index (κ1) is 57.8. The van der Waals surface area contributed by atoms with Crippen molar-refractivity contribution in [2.75, 3.05) is 32.8 Å². The largest absolute Gasteiger partial charge is 0.490 e. The van der Waals surface area contributed by atoms with Crippen molar-refractivity contribution in [2.24, 2.45) is 11.3 Å². The molecule has 362 valence electrons. The van der Waals surface area contributed by atoms with Gasteiger partial charge in [0.1, 0.15) is 11.5 Å². The summed E-state index contributed by atoms with van der Waals surface area (Å²) < 4.78 is 12.8. The first-order chi connectivity index (χ1) is 30.4. The Morgan fingerprint density at radius 1 is 0.597 bits per heavy atom. The summed E-state index contributed by atoms with van der Waals surface area (Å²) in [5.41, 5.74) is 6.00. The van der Waals surface area contributed by atoms with Crippen molar-refractivity contribution in [3.63, 3.8) is 0 Å². The van der Waals surface area contributed by atoms with E-state index in [9.17, 15) is 4.79 Å². The van der Waals surface area contributed by atoms with Gasteiger partial charge in [0, 0.05) is 20.8 Å². The highest BCUT2D eigenvalue weighted by Crippen LogP contribution is 2.46. The maximum absolute atomic E-state index is 12.7. The van der Waals surface area contributed by atoms with Crippen molar-refractivity contribution < 1.29 is 15.7 Å². The lowest BCUT2D eigenvalue weighted by Gasteiger charge is -2.23. The van der Waals surface area contributed by atoms with Crippen LogP contribution in [0.5, 0.6) is 0 Å². The number of nitrogens with zero attached hydrogens (tertiary/aromatic N) is 1. The third kappa shape index (κ3) is 31.6. The number of carbonyl (C=O) groups excluding carboxylic acids is 1. The molecule has 5 heteroatoms. The van der Waals surface area contributed by atoms with Gasteiger partial charge in [0.15, 0.2) is 0 Å². The fourth-order valence-electron chi connectivity index (χ4n) is 8.91. The summed E-state index contributed by atoms with van der Waals surface area (Å²) in [6, 6.07) is 0. The molecule has 1 aliphatic carbocycles. The van der Waals surface area contributed by atoms with Crippen LogP contribution in [0.1, 0.15) is 260 Å². The molecule has 1 amide bonds. The summed E-state index contributed by atoms with van der Waals surface area (Å²) in [4.78, 5) is 15.3. The number of allylic oxidation sites excluding steroid dienone is 2. The summed E-state index contributed by atoms with van der Waals surface area (Å²) in [6.45, 7) is 26.0. The Morgan fingerprint density at radius 2 is 1.05 bits per heavy atom. The molecular weight excluding hydrogens is 761 g/mol. The van der Waals surface area contributed by atoms with Gasteiger partial charge in [-0.2, -0.15) is 0 Å². The highest BCUT2D eigenvalue weighted by Gasteiger charge is 2.46. The Morgan fingerprint density at radius 3 is 1.53 bits per heavy atom. The summed E-state index contributed by atoms with van der Waals surface area (Å²) >= 11 is 0. The minimum Gasteiger partial charge on any atom is -0.490 e. The number of ether oxygens (including phenoxy) is 2. The smallest absolute Gasteiger partial charge is 0.230 e. The minimum absolute atomic E-state index is 0. The number of amides is 1. The second kappa shape index (κ2) is 41.5. The van der Waals surface area contributed by atoms with Gasteiger partial charge in [-0.1, -0.05) is 200 Å². The van der Waals surface area contributed by atoms with Gasteiger partial charge in [0.05, 0.1) is 18.1 Å². The monoisotopic (exact) mass is 867 g/mol. The van der Waals surface area contributed by atoms with E-state index in [4.69, 9.17) is 9.47 Å². The third-order valence-electron chi connectivity index (χ3n) is 13.5. The van der Waals surface area contributed by atoms with Crippen LogP contribution >= 0.6 is 0 Å². The molecule has 1 saturated carbocycles. The molecule has 0 spiro atoms. The SMILES string of the molecule is C=C=C(CCCCCCCN(CCCCCCCC(=C=C)OC(CCCCCCCC)CCCCCCCC)CCCNC(=O)C1(C=C)CC1)OCCC(CCCC)CCCC.[HH]. The predicted molar refractivity (Wildman–Crippen MR) is 273 cm³/mol. The van der Waals surface area contributed by atoms with Crippen LogP contribution in [0.3, 0.4) is 0 Å². The zero-order valence-electron chi connectivity index (χ0n) is 42.0. The molecule has 0 bridgehead atoms. The van der Waals surface area contributed by atoms with Gasteiger partial charge in [0.25, 0.3) is 0 Å². The van der Waals surface area contributed by atoms with E-state index in [-0.39, 0.29) is 12.7 Å². The molecule has 62 heavy (non-hydrogen) atoms. The van der Waals surface area contributed by atoms with Gasteiger partial charge < -0.3 is 19.7 Å². The van der Waals surface area contributed by atoms with E-state index in [2.05, 4.69) is 69.1 Å². The van der Waals surface area contributed by atoms with Crippen LogP contribution < -0.4 is 5.32 Å². The quantitative estimate of drug-likeness (QED) is 0.0286. The molecule has 0 saturated heterocycles. The molecule has 1 rings (SSSR count). The van der Waals surface area contributed by atoms with E-state index in [0.717, 1.165) is 102 Å². The van der Waals surface area contributed by atoms with Crippen molar-refractivity contribution in [1.82, 2.24) is 10.2 Å². The van der Waals surface area contributed by atoms with Crippen molar-refractivity contribution in [3.05, 3.63) is 48.8 Å². The first-order valence-corrected chi connectivity index (χ1v) is 27.1. The Bertz CT molecular complexity index is 1150. The fraction of sp³-hybridized carbons (Fsp3) is 0.842. The molecule has 1 fully saturated rings. The Kier molecular flexibility index (Phi) is 38.7. The fourth-order valence-corrected chi connectivity index (χ4v) is 8.91. The number of hydrogen-bond acceptors (Lipinski definition) is 4. The topological polar surface area (TPSA) is 50.8 Å². The number of hydrogen-bond donors (Lipinski definition) is 1. The molecule has 0 atom stereocenters. The Hall–Kier alpha value is -2.19. The van der Waals surface area contributed by atoms with E-state index in [0.29, 0.717) is 6.10 Å². The summed E-state index contributed by atoms with van der Waals surface area (Å²) in [6.07, 6.45) is 46.7. The van der Waals surface area contributed by atoms with E-state index in [1.807, 2.05) is 6.08 Å². The summed E-state index contributed by atoms with van der Waals surface area (Å²) in [5, 5.41) is 3.20. The lowest BCUT2D eigenvalue weighted by molar-refractivity contribution is -0.124. The minimum atomic E-state index is -0.281. The van der Waals surface area contributed by atoms with Crippen molar-refractivity contribution in [2.45, 2.75) is 265 Å². The maximum Gasteiger partial charge on any atom is 0.230 e. The lowest BCUT2D eigenvalue weighted by Crippen LogP contribution is -2.34. The molecule has 0 aromatic rings. The molecule has 0 heterocycles. The van der Waals surface area contributed by atoms with Crippen molar-refractivity contribution in [1.29, 1.82) is 0 Å². The molecule has 0 unspecified atom stereocenters. The first-order valence-electron chi connectivity index (χ1n) is 27.1. The van der Waals surface area contributed by atoms with Crippen LogP contribution in [-0.2, 0) is 14.3 Å². The molecule has 1 N–H and O–H groups in total. The average Bonchev–Trinajstić information content (AvgIpc) is 4.10. The molecule has 1 aliphatic rings. The van der Waals surface area contributed by atoms with Crippen molar-refractivity contribution >= 4 is 5.91 Å². The highest BCUT2D eigenvalue weighted by atomic mass is 16.5. The van der Waals surface area contributed by atoms with Gasteiger partial charge in [-0.3, -0.25) is 4.79 Å². The normalized spacial score (nSPS) is 13.0. The third-order valence-corrected chi connectivity index (χ3v) is 13.5. The number of rotatable bonds is 48. The molecule has 0 aromatic carbocycles. The average molecular weight is 867 g/mol. The van der Waals surface area contributed by atoms with E-state index in [1.54, 1.807) is 0 Å². The van der Waals surface area contributed by atoms with Gasteiger partial charge in [-0.15, -0.1) is 6.58 Å². The molecule has 0 aromatic heterocycles. The number of unbranched alkanes of at least 4 members (excludes halogenated alkanes) is 20. The predicted octanol–water partition coefficient (Wildman–Crippen LogP) is 17.3. The zero-order valence-corrected chi connectivity index (χ0v) is 42.0. The molecule has 5 nitrogen and oxygen atoms in total. The van der Waals surface area contributed by atoms with Crippen molar-refractivity contribution in [3.8, 4) is 0 Å². The van der Waals surface area contributed by atoms with E-state index in [1.165, 1.54) is 180 Å². The molecule has 0 radical (unpaired) electrons. The van der Waals surface area contributed by atoms with Gasteiger partial charge >= 0.3 is 0 Å². The standard InChI is InChI=1S/C57H104N2O3.H2/c1-8-15-19-21-25-33-42-55(43-34-26-22-20-16-9-2)62-54(13-6)41-32-28-24-30-36-49-59(50-37-47-58-56(60)57(14-7)45-46-57)48-35-29-23-27-31-40-53(12-5)61-51-44-52(38-17-10-3)39-18-11-4;/h14,52,55H,5-11,15-51H2,1-4H3,(H,58,60);1H. The van der Waals surface area contributed by atoms with Crippen LogP contribution in [0, 0.1) is 11.3 Å². The van der Waals surface area contributed by atoms with Crippen LogP contribution in [0.4, 0.5) is 0 Å². The molecule has 0 aliphatic heterocycles. The number of carbonyl (C=O) groups is 1. The maximum atomic E-state index is 12.7. The summed E-state index contributed by atoms with van der Waals surface area (Å²) in [7, 11) is 0. The Balaban J connectivity index is 0.0000384. The molecular formula is C57H106N2O3. The van der Waals surface area contributed by atoms with Crippen LogP contribution in [-0.4, -0.2) is 49.7 Å². The second-order valence-corrected chi connectivity index (χ2v) is 19.2. The Labute approximate surface area is 388 Å². The second-order valence-electron chi connectivity index (χ2n) is 19.2. The zero-order chi connectivity index (χ0) is 45.2. The van der Waals surface area contributed by atoms with Crippen LogP contribution in [0.25, 0.3) is 0 Å². The lowest BCUT2D eigenvalue weighted by atomic mass is 9.93. The van der Waals surface area contributed by atoms with Gasteiger partial charge in [0.2, 0.25) is 5.91 Å². The van der Waals surface area contributed by atoms with E-state index >= 15 is 0 Å². The van der Waals surface area contributed by atoms with E-state index < -0.39 is 0 Å². The highest BCUT2D eigenvalue weighted by molar-refractivity contribution is 5.87. The van der Waals surface area contributed by atoms with Gasteiger partial charge in [-0.05, 0) is 103 Å². The van der Waals surface area contributed by atoms with Gasteiger partial charge in [-0.25, -0.2) is 0 Å². The van der Waals surface area contributed by atoms with Crippen LogP contribution in [0.2, 0.25) is 0 Å². The number of nitrogens with one attached hydrogen (secondary N) is 1. The summed E-state index contributed by atoms with van der Waals surface area (Å²) in [5.74, 6) is 2.93.